The van der Waals surface area contributed by atoms with Gasteiger partial charge in [0.05, 0.1) is 12.7 Å². The summed E-state index contributed by atoms with van der Waals surface area (Å²) in [5.74, 6) is 0.0652. The Bertz CT molecular complexity index is 631. The van der Waals surface area contributed by atoms with Crippen molar-refractivity contribution in [3.63, 3.8) is 0 Å². The lowest BCUT2D eigenvalue weighted by atomic mass is 10.4. The fourth-order valence-corrected chi connectivity index (χ4v) is 1.63. The number of likely N-dealkylation sites (N-methyl/N-ethyl adjacent to an activating group) is 1. The van der Waals surface area contributed by atoms with E-state index >= 15 is 0 Å². The Balaban J connectivity index is 1.94. The van der Waals surface area contributed by atoms with Crippen LogP contribution in [0.3, 0.4) is 0 Å². The van der Waals surface area contributed by atoms with E-state index in [1.165, 1.54) is 15.8 Å². The Morgan fingerprint density at radius 2 is 2.20 bits per heavy atom. The SMILES string of the molecule is Cc1ccc(CN(C)C(=O)Cn2cc(C(=O)O)nn2)o1. The van der Waals surface area contributed by atoms with Crippen LogP contribution in [0, 0.1) is 6.92 Å². The van der Waals surface area contributed by atoms with Crippen molar-refractivity contribution in [1.82, 2.24) is 19.9 Å². The molecule has 2 aromatic rings. The van der Waals surface area contributed by atoms with E-state index in [9.17, 15) is 9.59 Å². The average Bonchev–Trinajstić information content (AvgIpc) is 2.98. The van der Waals surface area contributed by atoms with Crippen molar-refractivity contribution in [3.05, 3.63) is 35.5 Å². The zero-order valence-corrected chi connectivity index (χ0v) is 11.1. The zero-order valence-electron chi connectivity index (χ0n) is 11.1. The summed E-state index contributed by atoms with van der Waals surface area (Å²) in [6, 6.07) is 3.63. The van der Waals surface area contributed by atoms with Gasteiger partial charge in [-0.05, 0) is 19.1 Å². The van der Waals surface area contributed by atoms with Gasteiger partial charge in [-0.25, -0.2) is 9.48 Å². The Kier molecular flexibility index (Phi) is 3.83. The lowest BCUT2D eigenvalue weighted by molar-refractivity contribution is -0.131. The lowest BCUT2D eigenvalue weighted by Crippen LogP contribution is -2.29. The first kappa shape index (κ1) is 13.8. The van der Waals surface area contributed by atoms with Crippen LogP contribution < -0.4 is 0 Å². The molecule has 0 bridgehead atoms. The van der Waals surface area contributed by atoms with Crippen LogP contribution in [0.5, 0.6) is 0 Å². The molecule has 1 N–H and O–H groups in total. The number of carbonyl (C=O) groups is 2. The molecule has 0 spiro atoms. The number of aromatic carboxylic acids is 1. The molecule has 0 radical (unpaired) electrons. The first-order valence-corrected chi connectivity index (χ1v) is 5.88. The summed E-state index contributed by atoms with van der Waals surface area (Å²) < 4.78 is 6.57. The van der Waals surface area contributed by atoms with Crippen LogP contribution in [0.2, 0.25) is 0 Å². The number of hydrogen-bond acceptors (Lipinski definition) is 5. The van der Waals surface area contributed by atoms with Crippen molar-refractivity contribution < 1.29 is 19.1 Å². The Morgan fingerprint density at radius 1 is 1.45 bits per heavy atom. The van der Waals surface area contributed by atoms with Gasteiger partial charge in [0.2, 0.25) is 5.91 Å². The van der Waals surface area contributed by atoms with E-state index in [2.05, 4.69) is 10.3 Å². The number of amides is 1. The Hall–Kier alpha value is -2.64. The predicted molar refractivity (Wildman–Crippen MR) is 66.9 cm³/mol. The zero-order chi connectivity index (χ0) is 14.7. The quantitative estimate of drug-likeness (QED) is 0.856. The maximum atomic E-state index is 12.0. The van der Waals surface area contributed by atoms with Crippen molar-refractivity contribution in [2.24, 2.45) is 0 Å². The fourth-order valence-electron chi connectivity index (χ4n) is 1.63. The number of nitrogens with zero attached hydrogens (tertiary/aromatic N) is 4. The second kappa shape index (κ2) is 5.55. The van der Waals surface area contributed by atoms with E-state index in [4.69, 9.17) is 9.52 Å². The number of carbonyl (C=O) groups excluding carboxylic acids is 1. The largest absolute Gasteiger partial charge is 0.476 e. The van der Waals surface area contributed by atoms with E-state index in [1.807, 2.05) is 13.0 Å². The summed E-state index contributed by atoms with van der Waals surface area (Å²) in [6.07, 6.45) is 1.21. The highest BCUT2D eigenvalue weighted by molar-refractivity contribution is 5.84. The van der Waals surface area contributed by atoms with Crippen LogP contribution >= 0.6 is 0 Å². The van der Waals surface area contributed by atoms with E-state index in [-0.39, 0.29) is 18.1 Å². The van der Waals surface area contributed by atoms with Crippen molar-refractivity contribution in [1.29, 1.82) is 0 Å². The molecule has 0 saturated carbocycles. The molecule has 2 aromatic heterocycles. The molecule has 0 fully saturated rings. The first-order chi connectivity index (χ1) is 9.45. The van der Waals surface area contributed by atoms with Crippen molar-refractivity contribution >= 4 is 11.9 Å². The lowest BCUT2D eigenvalue weighted by Gasteiger charge is -2.15. The molecule has 0 atom stereocenters. The third kappa shape index (κ3) is 3.22. The molecule has 20 heavy (non-hydrogen) atoms. The molecule has 2 heterocycles. The highest BCUT2D eigenvalue weighted by Gasteiger charge is 2.14. The topological polar surface area (TPSA) is 101 Å². The molecule has 8 nitrogen and oxygen atoms in total. The molecule has 0 aliphatic carbocycles. The molecular formula is C12H14N4O4. The summed E-state index contributed by atoms with van der Waals surface area (Å²) in [7, 11) is 1.63. The molecule has 2 rings (SSSR count). The molecule has 106 valence electrons. The summed E-state index contributed by atoms with van der Waals surface area (Å²) in [5.41, 5.74) is -0.192. The monoisotopic (exact) mass is 278 g/mol. The molecule has 0 unspecified atom stereocenters. The third-order valence-electron chi connectivity index (χ3n) is 2.67. The molecule has 0 saturated heterocycles. The van der Waals surface area contributed by atoms with E-state index < -0.39 is 5.97 Å². The minimum atomic E-state index is -1.18. The maximum Gasteiger partial charge on any atom is 0.358 e. The van der Waals surface area contributed by atoms with Crippen LogP contribution in [0.15, 0.2) is 22.7 Å². The van der Waals surface area contributed by atoms with Crippen LogP contribution in [0.4, 0.5) is 0 Å². The minimum absolute atomic E-state index is 0.0729. The van der Waals surface area contributed by atoms with Gasteiger partial charge in [-0.15, -0.1) is 5.10 Å². The number of rotatable bonds is 5. The van der Waals surface area contributed by atoms with E-state index in [0.29, 0.717) is 12.3 Å². The van der Waals surface area contributed by atoms with Gasteiger partial charge in [0.1, 0.15) is 18.1 Å². The molecule has 8 heteroatoms. The van der Waals surface area contributed by atoms with Gasteiger partial charge in [-0.3, -0.25) is 4.79 Å². The van der Waals surface area contributed by atoms with Crippen molar-refractivity contribution in [2.45, 2.75) is 20.0 Å². The normalized spacial score (nSPS) is 10.5. The number of aromatic nitrogens is 3. The molecule has 0 aromatic carbocycles. The Labute approximate surface area is 114 Å². The van der Waals surface area contributed by atoms with Crippen LogP contribution in [-0.4, -0.2) is 43.9 Å². The second-order valence-corrected chi connectivity index (χ2v) is 4.37. The smallest absolute Gasteiger partial charge is 0.358 e. The van der Waals surface area contributed by atoms with Crippen molar-refractivity contribution in [2.75, 3.05) is 7.05 Å². The third-order valence-corrected chi connectivity index (χ3v) is 2.67. The van der Waals surface area contributed by atoms with Gasteiger partial charge in [-0.1, -0.05) is 5.21 Å². The highest BCUT2D eigenvalue weighted by atomic mass is 16.4. The number of hydrogen-bond donors (Lipinski definition) is 1. The van der Waals surface area contributed by atoms with Gasteiger partial charge < -0.3 is 14.4 Å². The van der Waals surface area contributed by atoms with Crippen LogP contribution in [0.1, 0.15) is 22.0 Å². The number of furan rings is 1. The standard InChI is InChI=1S/C12H14N4O4/c1-8-3-4-9(20-8)5-15(2)11(17)7-16-6-10(12(18)19)13-14-16/h3-4,6H,5,7H2,1-2H3,(H,18,19). The fraction of sp³-hybridized carbons (Fsp3) is 0.333. The summed E-state index contributed by atoms with van der Waals surface area (Å²) in [5, 5.41) is 15.7. The molecular weight excluding hydrogens is 264 g/mol. The van der Waals surface area contributed by atoms with E-state index in [0.717, 1.165) is 5.76 Å². The average molecular weight is 278 g/mol. The molecule has 1 amide bonds. The second-order valence-electron chi connectivity index (χ2n) is 4.37. The van der Waals surface area contributed by atoms with Gasteiger partial charge in [0.25, 0.3) is 0 Å². The molecule has 0 aliphatic rings. The number of carboxylic acid groups (broad SMARTS) is 1. The highest BCUT2D eigenvalue weighted by Crippen LogP contribution is 2.09. The van der Waals surface area contributed by atoms with Crippen molar-refractivity contribution in [3.8, 4) is 0 Å². The summed E-state index contributed by atoms with van der Waals surface area (Å²) in [6.45, 7) is 2.10. The predicted octanol–water partition coefficient (Wildman–Crippen LogP) is 0.536. The van der Waals surface area contributed by atoms with Gasteiger partial charge in [-0.2, -0.15) is 0 Å². The first-order valence-electron chi connectivity index (χ1n) is 5.88. The summed E-state index contributed by atoms with van der Waals surface area (Å²) in [4.78, 5) is 24.1. The van der Waals surface area contributed by atoms with Crippen LogP contribution in [0.25, 0.3) is 0 Å². The number of carboxylic acids is 1. The van der Waals surface area contributed by atoms with Gasteiger partial charge >= 0.3 is 5.97 Å². The van der Waals surface area contributed by atoms with E-state index in [1.54, 1.807) is 13.1 Å². The molecule has 0 aliphatic heterocycles. The summed E-state index contributed by atoms with van der Waals surface area (Å²) >= 11 is 0. The Morgan fingerprint density at radius 3 is 2.75 bits per heavy atom. The van der Waals surface area contributed by atoms with Gasteiger partial charge in [0.15, 0.2) is 5.69 Å². The van der Waals surface area contributed by atoms with Gasteiger partial charge in [0, 0.05) is 7.05 Å². The minimum Gasteiger partial charge on any atom is -0.476 e. The number of aryl methyl sites for hydroxylation is 1. The maximum absolute atomic E-state index is 12.0. The van der Waals surface area contributed by atoms with Crippen LogP contribution in [-0.2, 0) is 17.9 Å².